The van der Waals surface area contributed by atoms with Gasteiger partial charge in [-0.3, -0.25) is 4.79 Å². The van der Waals surface area contributed by atoms with Crippen molar-refractivity contribution in [2.45, 2.75) is 20.8 Å². The quantitative estimate of drug-likeness (QED) is 0.816. The van der Waals surface area contributed by atoms with Crippen molar-refractivity contribution < 1.29 is 4.79 Å². The second-order valence-corrected chi connectivity index (χ2v) is 4.92. The minimum atomic E-state index is -0.0198. The second-order valence-electron chi connectivity index (χ2n) is 4.48. The molecule has 0 heterocycles. The molecule has 2 nitrogen and oxygen atoms in total. The van der Waals surface area contributed by atoms with Crippen molar-refractivity contribution in [2.24, 2.45) is 5.92 Å². The van der Waals surface area contributed by atoms with E-state index in [4.69, 9.17) is 11.6 Å². The number of amides is 1. The predicted octanol–water partition coefficient (Wildman–Crippen LogP) is 3.52. The fraction of sp³-hybridized carbons (Fsp3) is 0.357. The SMILES string of the molecule is C/C(=C\c1ccc(Cl)cc1)C(=O)NCC(C)C. The molecule has 0 bridgehead atoms. The molecule has 0 aliphatic carbocycles. The second kappa shape index (κ2) is 6.45. The van der Waals surface area contributed by atoms with Crippen molar-refractivity contribution in [2.75, 3.05) is 6.54 Å². The molecule has 0 aliphatic rings. The molecule has 1 aromatic carbocycles. The Labute approximate surface area is 108 Å². The average Bonchev–Trinajstić information content (AvgIpc) is 2.28. The molecule has 0 saturated heterocycles. The molecule has 92 valence electrons. The normalized spacial score (nSPS) is 11.7. The maximum Gasteiger partial charge on any atom is 0.246 e. The van der Waals surface area contributed by atoms with Gasteiger partial charge in [-0.25, -0.2) is 0 Å². The van der Waals surface area contributed by atoms with Gasteiger partial charge < -0.3 is 5.32 Å². The minimum Gasteiger partial charge on any atom is -0.352 e. The maximum atomic E-state index is 11.7. The fourth-order valence-corrected chi connectivity index (χ4v) is 1.44. The number of halogens is 1. The van der Waals surface area contributed by atoms with Crippen LogP contribution in [0.15, 0.2) is 29.8 Å². The Balaban J connectivity index is 2.65. The van der Waals surface area contributed by atoms with Crippen molar-refractivity contribution in [3.8, 4) is 0 Å². The summed E-state index contributed by atoms with van der Waals surface area (Å²) < 4.78 is 0. The number of carbonyl (C=O) groups excluding carboxylic acids is 1. The highest BCUT2D eigenvalue weighted by Gasteiger charge is 2.04. The van der Waals surface area contributed by atoms with Crippen molar-refractivity contribution >= 4 is 23.6 Å². The van der Waals surface area contributed by atoms with Gasteiger partial charge >= 0.3 is 0 Å². The Hall–Kier alpha value is -1.28. The van der Waals surface area contributed by atoms with E-state index in [-0.39, 0.29) is 5.91 Å². The van der Waals surface area contributed by atoms with E-state index >= 15 is 0 Å². The van der Waals surface area contributed by atoms with Gasteiger partial charge in [-0.2, -0.15) is 0 Å². The standard InChI is InChI=1S/C14H18ClNO/c1-10(2)9-16-14(17)11(3)8-12-4-6-13(15)7-5-12/h4-8,10H,9H2,1-3H3,(H,16,17)/b11-8+. The number of benzene rings is 1. The molecular formula is C14H18ClNO. The first-order chi connectivity index (χ1) is 7.99. The largest absolute Gasteiger partial charge is 0.352 e. The van der Waals surface area contributed by atoms with Gasteiger partial charge in [-0.15, -0.1) is 0 Å². The summed E-state index contributed by atoms with van der Waals surface area (Å²) in [5.41, 5.74) is 1.68. The molecule has 0 saturated carbocycles. The van der Waals surface area contributed by atoms with Crippen LogP contribution in [0.1, 0.15) is 26.3 Å². The molecule has 0 radical (unpaired) electrons. The van der Waals surface area contributed by atoms with Crippen LogP contribution in [0.25, 0.3) is 6.08 Å². The average molecular weight is 252 g/mol. The molecule has 3 heteroatoms. The van der Waals surface area contributed by atoms with E-state index in [2.05, 4.69) is 19.2 Å². The maximum absolute atomic E-state index is 11.7. The Kier molecular flexibility index (Phi) is 5.23. The fourth-order valence-electron chi connectivity index (χ4n) is 1.31. The predicted molar refractivity (Wildman–Crippen MR) is 73.0 cm³/mol. The molecule has 0 aromatic heterocycles. The summed E-state index contributed by atoms with van der Waals surface area (Å²) in [7, 11) is 0. The van der Waals surface area contributed by atoms with Gasteiger partial charge in [0, 0.05) is 17.1 Å². The summed E-state index contributed by atoms with van der Waals surface area (Å²) >= 11 is 5.80. The van der Waals surface area contributed by atoms with Crippen LogP contribution in [0.4, 0.5) is 0 Å². The molecule has 0 atom stereocenters. The molecule has 1 N–H and O–H groups in total. The third kappa shape index (κ3) is 5.05. The zero-order valence-corrected chi connectivity index (χ0v) is 11.2. The summed E-state index contributed by atoms with van der Waals surface area (Å²) in [5, 5.41) is 3.58. The molecule has 0 fully saturated rings. The van der Waals surface area contributed by atoms with E-state index in [1.165, 1.54) is 0 Å². The van der Waals surface area contributed by atoms with E-state index in [0.717, 1.165) is 5.56 Å². The molecule has 1 amide bonds. The topological polar surface area (TPSA) is 29.1 Å². The first kappa shape index (κ1) is 13.8. The Morgan fingerprint density at radius 1 is 1.35 bits per heavy atom. The van der Waals surface area contributed by atoms with Gasteiger partial charge in [-0.05, 0) is 36.6 Å². The third-order valence-corrected chi connectivity index (χ3v) is 2.53. The van der Waals surface area contributed by atoms with Crippen molar-refractivity contribution in [3.63, 3.8) is 0 Å². The first-order valence-electron chi connectivity index (χ1n) is 5.71. The molecule has 0 unspecified atom stereocenters. The molecular weight excluding hydrogens is 234 g/mol. The smallest absolute Gasteiger partial charge is 0.246 e. The number of hydrogen-bond acceptors (Lipinski definition) is 1. The van der Waals surface area contributed by atoms with Crippen LogP contribution in [-0.2, 0) is 4.79 Å². The molecule has 1 aromatic rings. The van der Waals surface area contributed by atoms with Crippen LogP contribution in [0.5, 0.6) is 0 Å². The summed E-state index contributed by atoms with van der Waals surface area (Å²) in [6.07, 6.45) is 1.85. The van der Waals surface area contributed by atoms with Crippen molar-refractivity contribution in [3.05, 3.63) is 40.4 Å². The monoisotopic (exact) mass is 251 g/mol. The van der Waals surface area contributed by atoms with Gasteiger partial charge in [0.2, 0.25) is 5.91 Å². The van der Waals surface area contributed by atoms with Crippen molar-refractivity contribution in [1.82, 2.24) is 5.32 Å². The Morgan fingerprint density at radius 3 is 2.47 bits per heavy atom. The molecule has 0 aliphatic heterocycles. The zero-order chi connectivity index (χ0) is 12.8. The van der Waals surface area contributed by atoms with Crippen molar-refractivity contribution in [1.29, 1.82) is 0 Å². The van der Waals surface area contributed by atoms with Crippen LogP contribution < -0.4 is 5.32 Å². The van der Waals surface area contributed by atoms with Crippen LogP contribution >= 0.6 is 11.6 Å². The van der Waals surface area contributed by atoms with Gasteiger partial charge in [0.25, 0.3) is 0 Å². The lowest BCUT2D eigenvalue weighted by Crippen LogP contribution is -2.27. The van der Waals surface area contributed by atoms with Gasteiger partial charge in [0.1, 0.15) is 0 Å². The number of hydrogen-bond donors (Lipinski definition) is 1. The van der Waals surface area contributed by atoms with E-state index in [0.29, 0.717) is 23.1 Å². The Morgan fingerprint density at radius 2 is 1.94 bits per heavy atom. The van der Waals surface area contributed by atoms with Gasteiger partial charge in [0.05, 0.1) is 0 Å². The van der Waals surface area contributed by atoms with E-state index in [1.54, 1.807) is 0 Å². The third-order valence-electron chi connectivity index (χ3n) is 2.28. The van der Waals surface area contributed by atoms with Gasteiger partial charge in [-0.1, -0.05) is 37.6 Å². The highest BCUT2D eigenvalue weighted by molar-refractivity contribution is 6.30. The lowest BCUT2D eigenvalue weighted by molar-refractivity contribution is -0.117. The number of rotatable bonds is 4. The van der Waals surface area contributed by atoms with E-state index in [1.807, 2.05) is 37.3 Å². The highest BCUT2D eigenvalue weighted by atomic mass is 35.5. The lowest BCUT2D eigenvalue weighted by atomic mass is 10.1. The summed E-state index contributed by atoms with van der Waals surface area (Å²) in [4.78, 5) is 11.7. The van der Waals surface area contributed by atoms with E-state index in [9.17, 15) is 4.79 Å². The van der Waals surface area contributed by atoms with E-state index < -0.39 is 0 Å². The summed E-state index contributed by atoms with van der Waals surface area (Å²) in [5.74, 6) is 0.441. The summed E-state index contributed by atoms with van der Waals surface area (Å²) in [6, 6.07) is 7.41. The lowest BCUT2D eigenvalue weighted by Gasteiger charge is -2.07. The van der Waals surface area contributed by atoms with Gasteiger partial charge in [0.15, 0.2) is 0 Å². The Bertz CT molecular complexity index is 407. The first-order valence-corrected chi connectivity index (χ1v) is 6.09. The van der Waals surface area contributed by atoms with Crippen LogP contribution in [-0.4, -0.2) is 12.5 Å². The highest BCUT2D eigenvalue weighted by Crippen LogP contribution is 2.12. The molecule has 0 spiro atoms. The zero-order valence-electron chi connectivity index (χ0n) is 10.5. The molecule has 17 heavy (non-hydrogen) atoms. The number of nitrogens with one attached hydrogen (secondary N) is 1. The number of carbonyl (C=O) groups is 1. The van der Waals surface area contributed by atoms with Crippen LogP contribution in [0.2, 0.25) is 5.02 Å². The molecule has 1 rings (SSSR count). The van der Waals surface area contributed by atoms with Crippen LogP contribution in [0.3, 0.4) is 0 Å². The minimum absolute atomic E-state index is 0.0198. The summed E-state index contributed by atoms with van der Waals surface area (Å²) in [6.45, 7) is 6.64. The van der Waals surface area contributed by atoms with Crippen LogP contribution in [0, 0.1) is 5.92 Å².